The topological polar surface area (TPSA) is 163 Å². The maximum atomic E-state index is 15.8. The molecule has 3 aromatic rings. The molecule has 14 heteroatoms. The number of aryl methyl sites for hydroxylation is 4. The maximum absolute atomic E-state index is 15.8. The van der Waals surface area contributed by atoms with Gasteiger partial charge in [-0.2, -0.15) is 0 Å². The van der Waals surface area contributed by atoms with Gasteiger partial charge in [-0.25, -0.2) is 0 Å². The van der Waals surface area contributed by atoms with Gasteiger partial charge in [0, 0.05) is 66.6 Å². The Bertz CT molecular complexity index is 2020. The van der Waals surface area contributed by atoms with Gasteiger partial charge in [-0.15, -0.1) is 0 Å². The maximum Gasteiger partial charge on any atom is 0.323 e. The fourth-order valence-electron chi connectivity index (χ4n) is 8.50. The quantitative estimate of drug-likeness (QED) is 0.113. The fourth-order valence-corrected chi connectivity index (χ4v) is 11.1. The van der Waals surface area contributed by atoms with Crippen LogP contribution in [0, 0.1) is 41.5 Å². The van der Waals surface area contributed by atoms with Gasteiger partial charge in [0.1, 0.15) is 12.1 Å². The van der Waals surface area contributed by atoms with Crippen LogP contribution in [0.5, 0.6) is 0 Å². The van der Waals surface area contributed by atoms with E-state index in [1.807, 2.05) is 9.80 Å². The molecule has 5 rings (SSSR count). The van der Waals surface area contributed by atoms with Gasteiger partial charge in [0.05, 0.1) is 40.6 Å². The van der Waals surface area contributed by atoms with E-state index in [2.05, 4.69) is 0 Å². The Morgan fingerprint density at radius 2 is 0.931 bits per heavy atom. The van der Waals surface area contributed by atoms with Gasteiger partial charge in [0.25, 0.3) is 0 Å². The molecule has 310 valence electrons. The Morgan fingerprint density at radius 3 is 1.28 bits per heavy atom. The second-order valence-corrected chi connectivity index (χ2v) is 17.5. The van der Waals surface area contributed by atoms with E-state index in [1.165, 1.54) is 26.4 Å². The van der Waals surface area contributed by atoms with Gasteiger partial charge in [0.15, 0.2) is 11.6 Å². The number of Topliss-reactive ketones (excluding diaryl/α,β-unsaturated/α-hetero) is 2. The summed E-state index contributed by atoms with van der Waals surface area (Å²) < 4.78 is 36.8. The molecule has 58 heavy (non-hydrogen) atoms. The molecule has 2 heterocycles. The van der Waals surface area contributed by atoms with Crippen molar-refractivity contribution >= 4 is 47.0 Å². The highest BCUT2D eigenvalue weighted by Crippen LogP contribution is 2.53. The number of benzene rings is 3. The van der Waals surface area contributed by atoms with Gasteiger partial charge in [0.2, 0.25) is 18.2 Å². The third-order valence-corrected chi connectivity index (χ3v) is 13.9. The number of ether oxygens (including phenoxy) is 4. The smallest absolute Gasteiger partial charge is 0.323 e. The Morgan fingerprint density at radius 1 is 0.586 bits per heavy atom. The summed E-state index contributed by atoms with van der Waals surface area (Å²) in [6.45, 7) is 13.2. The van der Waals surface area contributed by atoms with Crippen LogP contribution in [0.1, 0.15) is 87.7 Å². The molecular formula is C44H53N2O11P. The Labute approximate surface area is 339 Å². The third-order valence-electron chi connectivity index (χ3n) is 11.3. The standard InChI is InChI=1S/C44H53N2O11P/c1-26-22-28(3)39(30(5)37(26)35(47)24-33(41(49)54-7)45-14-18-56-19-15-45)43(51)58(53,32-12-10-9-11-13-32)44(52)40-29(4)23-27(2)38(31(40)6)36(48)25-34(42(50)55-8)46-16-20-57-21-17-46/h9-13,22-23,33-34H,14-21,24-25H2,1-8H3. The molecule has 2 aliphatic heterocycles. The molecule has 2 fully saturated rings. The number of hydrogen-bond acceptors (Lipinski definition) is 13. The highest BCUT2D eigenvalue weighted by molar-refractivity contribution is 8.01. The van der Waals surface area contributed by atoms with E-state index in [4.69, 9.17) is 18.9 Å². The van der Waals surface area contributed by atoms with Gasteiger partial charge >= 0.3 is 11.9 Å². The van der Waals surface area contributed by atoms with E-state index in [1.54, 1.807) is 71.9 Å². The van der Waals surface area contributed by atoms with E-state index >= 15 is 14.2 Å². The summed E-state index contributed by atoms with van der Waals surface area (Å²) in [6.07, 6.45) is -0.470. The largest absolute Gasteiger partial charge is 0.468 e. The van der Waals surface area contributed by atoms with Crippen molar-refractivity contribution in [3.63, 3.8) is 0 Å². The lowest BCUT2D eigenvalue weighted by molar-refractivity contribution is -0.149. The zero-order valence-corrected chi connectivity index (χ0v) is 35.5. The molecule has 0 aliphatic carbocycles. The minimum Gasteiger partial charge on any atom is -0.468 e. The molecule has 0 N–H and O–H groups in total. The van der Waals surface area contributed by atoms with Crippen LogP contribution in [0.3, 0.4) is 0 Å². The normalized spacial score (nSPS) is 17.1. The predicted octanol–water partition coefficient (Wildman–Crippen LogP) is 5.10. The number of hydrogen-bond donors (Lipinski definition) is 0. The highest BCUT2D eigenvalue weighted by Gasteiger charge is 2.46. The first-order valence-electron chi connectivity index (χ1n) is 19.4. The van der Waals surface area contributed by atoms with Gasteiger partial charge in [-0.05, 0) is 74.9 Å². The van der Waals surface area contributed by atoms with Crippen molar-refractivity contribution < 1.29 is 52.3 Å². The molecule has 3 aromatic carbocycles. The monoisotopic (exact) mass is 816 g/mol. The van der Waals surface area contributed by atoms with Crippen molar-refractivity contribution in [1.29, 1.82) is 0 Å². The molecule has 2 unspecified atom stereocenters. The van der Waals surface area contributed by atoms with Gasteiger partial charge in [-0.3, -0.25) is 38.6 Å². The Balaban J connectivity index is 1.60. The summed E-state index contributed by atoms with van der Waals surface area (Å²) >= 11 is 0. The Kier molecular flexibility index (Phi) is 14.5. The van der Waals surface area contributed by atoms with E-state index in [9.17, 15) is 19.2 Å². The number of ketones is 2. The van der Waals surface area contributed by atoms with Gasteiger partial charge < -0.3 is 23.5 Å². The molecule has 0 spiro atoms. The van der Waals surface area contributed by atoms with Crippen LogP contribution in [-0.2, 0) is 33.1 Å². The molecule has 0 radical (unpaired) electrons. The molecule has 0 saturated carbocycles. The average molecular weight is 817 g/mol. The number of nitrogens with zero attached hydrogens (tertiary/aromatic N) is 2. The third kappa shape index (κ3) is 8.84. The molecular weight excluding hydrogens is 763 g/mol. The van der Waals surface area contributed by atoms with Crippen molar-refractivity contribution in [3.8, 4) is 0 Å². The number of carbonyl (C=O) groups excluding carboxylic acids is 6. The van der Waals surface area contributed by atoms with Crippen LogP contribution in [-0.4, -0.2) is 123 Å². The van der Waals surface area contributed by atoms with Crippen molar-refractivity contribution in [2.45, 2.75) is 66.5 Å². The van der Waals surface area contributed by atoms with Crippen LogP contribution in [0.2, 0.25) is 0 Å². The van der Waals surface area contributed by atoms with Crippen LogP contribution in [0.4, 0.5) is 0 Å². The lowest BCUT2D eigenvalue weighted by Crippen LogP contribution is -2.48. The van der Waals surface area contributed by atoms with Crippen LogP contribution in [0.25, 0.3) is 0 Å². The van der Waals surface area contributed by atoms with Crippen LogP contribution >= 0.6 is 7.14 Å². The summed E-state index contributed by atoms with van der Waals surface area (Å²) in [5.74, 6) is -1.97. The second-order valence-electron chi connectivity index (χ2n) is 15.0. The lowest BCUT2D eigenvalue weighted by atomic mass is 9.89. The number of rotatable bonds is 15. The molecule has 13 nitrogen and oxygen atoms in total. The van der Waals surface area contributed by atoms with Crippen LogP contribution < -0.4 is 5.30 Å². The van der Waals surface area contributed by atoms with Crippen molar-refractivity contribution in [1.82, 2.24) is 9.80 Å². The first-order chi connectivity index (χ1) is 27.6. The van der Waals surface area contributed by atoms with E-state index in [0.717, 1.165) is 0 Å². The number of carbonyl (C=O) groups is 6. The fraction of sp³-hybridized carbons (Fsp3) is 0.455. The summed E-state index contributed by atoms with van der Waals surface area (Å²) in [7, 11) is -2.24. The van der Waals surface area contributed by atoms with Crippen molar-refractivity contribution in [3.05, 3.63) is 98.1 Å². The minimum atomic E-state index is -4.77. The number of morpholine rings is 2. The molecule has 2 atom stereocenters. The summed E-state index contributed by atoms with van der Waals surface area (Å²) in [5, 5.41) is 0.000600. The first-order valence-corrected chi connectivity index (χ1v) is 21.1. The SMILES string of the molecule is COC(=O)C(CC(=O)c1c(C)cc(C)c(C(=O)P(=O)(C(=O)c2c(C)cc(C)c(C(=O)CC(C(=O)OC)N3CCOCC3)c2C)c2ccccc2)c1C)N1CCOCC1. The van der Waals surface area contributed by atoms with E-state index in [0.29, 0.717) is 74.9 Å². The van der Waals surface area contributed by atoms with E-state index < -0.39 is 53.8 Å². The second kappa shape index (κ2) is 18.9. The molecule has 2 aliphatic rings. The first kappa shape index (κ1) is 44.5. The lowest BCUT2D eigenvalue weighted by Gasteiger charge is -2.32. The summed E-state index contributed by atoms with van der Waals surface area (Å²) in [4.78, 5) is 88.3. The minimum absolute atomic E-state index is 0.000600. The summed E-state index contributed by atoms with van der Waals surface area (Å²) in [6, 6.07) is 9.33. The zero-order valence-electron chi connectivity index (χ0n) is 34.6. The number of methoxy groups -OCH3 is 2. The molecule has 2 saturated heterocycles. The van der Waals surface area contributed by atoms with E-state index in [-0.39, 0.29) is 51.5 Å². The Hall–Kier alpha value is -4.65. The number of esters is 2. The van der Waals surface area contributed by atoms with Crippen molar-refractivity contribution in [2.75, 3.05) is 66.8 Å². The molecule has 0 bridgehead atoms. The van der Waals surface area contributed by atoms with Crippen LogP contribution in [0.15, 0.2) is 42.5 Å². The predicted molar refractivity (Wildman–Crippen MR) is 218 cm³/mol. The highest BCUT2D eigenvalue weighted by atomic mass is 31.2. The summed E-state index contributed by atoms with van der Waals surface area (Å²) in [5.41, 5.74) is 0.870. The van der Waals surface area contributed by atoms with Gasteiger partial charge in [-0.1, -0.05) is 42.5 Å². The average Bonchev–Trinajstić information content (AvgIpc) is 3.21. The molecule has 0 amide bonds. The zero-order chi connectivity index (χ0) is 42.5. The molecule has 0 aromatic heterocycles. The van der Waals surface area contributed by atoms with Crippen molar-refractivity contribution in [2.24, 2.45) is 0 Å².